The molecule has 36 heavy (non-hydrogen) atoms. The minimum atomic E-state index is -0.605. The van der Waals surface area contributed by atoms with Crippen LogP contribution in [0.15, 0.2) is 59.2 Å². The van der Waals surface area contributed by atoms with Crippen LogP contribution in [0.25, 0.3) is 0 Å². The molecular weight excluding hydrogens is 510 g/mol. The molecule has 0 aliphatic carbocycles. The van der Waals surface area contributed by atoms with Gasteiger partial charge in [-0.15, -0.1) is 0 Å². The summed E-state index contributed by atoms with van der Waals surface area (Å²) in [6, 6.07) is 11.9. The number of amides is 2. The van der Waals surface area contributed by atoms with Gasteiger partial charge in [-0.25, -0.2) is 0 Å². The van der Waals surface area contributed by atoms with Gasteiger partial charge in [0.05, 0.1) is 46.4 Å². The molecule has 13 heteroatoms. The van der Waals surface area contributed by atoms with Crippen LogP contribution in [0.4, 0.5) is 22.7 Å². The van der Waals surface area contributed by atoms with E-state index < -0.39 is 16.7 Å². The summed E-state index contributed by atoms with van der Waals surface area (Å²) in [6.07, 6.45) is 1.39. The number of anilines is 3. The lowest BCUT2D eigenvalue weighted by molar-refractivity contribution is -0.384. The molecule has 4 rings (SSSR count). The van der Waals surface area contributed by atoms with Crippen LogP contribution in [-0.2, 0) is 4.74 Å². The fraction of sp³-hybridized carbons (Fsp3) is 0.174. The molecule has 1 saturated heterocycles. The molecule has 1 fully saturated rings. The van der Waals surface area contributed by atoms with Gasteiger partial charge in [0.15, 0.2) is 10.9 Å². The molecule has 0 spiro atoms. The Kier molecular flexibility index (Phi) is 7.78. The lowest BCUT2D eigenvalue weighted by Gasteiger charge is -2.30. The monoisotopic (exact) mass is 529 g/mol. The number of morpholine rings is 1. The van der Waals surface area contributed by atoms with Crippen LogP contribution in [0.5, 0.6) is 0 Å². The van der Waals surface area contributed by atoms with Crippen molar-refractivity contribution in [2.24, 2.45) is 0 Å². The van der Waals surface area contributed by atoms with E-state index in [-0.39, 0.29) is 27.1 Å². The maximum Gasteiger partial charge on any atom is 0.291 e. The fourth-order valence-corrected chi connectivity index (χ4v) is 3.96. The van der Waals surface area contributed by atoms with Crippen LogP contribution < -0.4 is 20.9 Å². The van der Waals surface area contributed by atoms with E-state index in [2.05, 4.69) is 16.0 Å². The number of furan rings is 1. The van der Waals surface area contributed by atoms with Crippen molar-refractivity contribution in [2.45, 2.75) is 0 Å². The second kappa shape index (κ2) is 11.2. The minimum Gasteiger partial charge on any atom is -0.459 e. The Morgan fingerprint density at radius 1 is 1.06 bits per heavy atom. The fourth-order valence-electron chi connectivity index (χ4n) is 3.52. The molecule has 2 heterocycles. The first-order valence-corrected chi connectivity index (χ1v) is 11.5. The number of carbonyl (C=O) groups excluding carboxylic acids is 2. The summed E-state index contributed by atoms with van der Waals surface area (Å²) in [6.45, 7) is 2.05. The van der Waals surface area contributed by atoms with Gasteiger partial charge in [-0.1, -0.05) is 11.6 Å². The van der Waals surface area contributed by atoms with Gasteiger partial charge in [0, 0.05) is 30.9 Å². The highest BCUT2D eigenvalue weighted by atomic mass is 35.5. The number of hydrogen-bond donors (Lipinski definition) is 3. The van der Waals surface area contributed by atoms with Crippen LogP contribution in [0.3, 0.4) is 0 Å². The summed E-state index contributed by atoms with van der Waals surface area (Å²) in [5.74, 6) is -0.931. The van der Waals surface area contributed by atoms with Crippen LogP contribution in [0, 0.1) is 10.1 Å². The average Bonchev–Trinajstić information content (AvgIpc) is 3.41. The highest BCUT2D eigenvalue weighted by molar-refractivity contribution is 7.80. The van der Waals surface area contributed by atoms with Crippen LogP contribution in [-0.4, -0.2) is 48.2 Å². The minimum absolute atomic E-state index is 0.0390. The van der Waals surface area contributed by atoms with Gasteiger partial charge in [-0.05, 0) is 48.6 Å². The van der Waals surface area contributed by atoms with Gasteiger partial charge in [0.1, 0.15) is 0 Å². The van der Waals surface area contributed by atoms with E-state index in [1.54, 1.807) is 24.3 Å². The van der Waals surface area contributed by atoms with E-state index in [1.807, 2.05) is 4.90 Å². The Labute approximate surface area is 215 Å². The normalized spacial score (nSPS) is 13.1. The lowest BCUT2D eigenvalue weighted by atomic mass is 10.1. The molecule has 0 bridgehead atoms. The predicted molar refractivity (Wildman–Crippen MR) is 138 cm³/mol. The van der Waals surface area contributed by atoms with Crippen molar-refractivity contribution < 1.29 is 23.7 Å². The zero-order valence-corrected chi connectivity index (χ0v) is 20.2. The van der Waals surface area contributed by atoms with Gasteiger partial charge in [0.2, 0.25) is 0 Å². The number of benzene rings is 2. The molecule has 3 aromatic rings. The summed E-state index contributed by atoms with van der Waals surface area (Å²) < 4.78 is 10.4. The topological polar surface area (TPSA) is 139 Å². The number of ether oxygens (including phenoxy) is 1. The van der Waals surface area contributed by atoms with Gasteiger partial charge >= 0.3 is 0 Å². The second-order valence-electron chi connectivity index (χ2n) is 7.59. The van der Waals surface area contributed by atoms with Crippen molar-refractivity contribution >= 4 is 63.5 Å². The zero-order valence-electron chi connectivity index (χ0n) is 18.7. The number of nitrogens with one attached hydrogen (secondary N) is 3. The van der Waals surface area contributed by atoms with E-state index in [9.17, 15) is 19.7 Å². The molecule has 0 unspecified atom stereocenters. The third kappa shape index (κ3) is 5.97. The van der Waals surface area contributed by atoms with Gasteiger partial charge < -0.3 is 24.7 Å². The smallest absolute Gasteiger partial charge is 0.291 e. The summed E-state index contributed by atoms with van der Waals surface area (Å²) in [7, 11) is 0. The standard InChI is InChI=1S/C23H20ClN5O6S/c24-17-12-14(3-5-18(17)26-22(31)20-2-1-9-35-20)25-23(36)27-21(30)16-13-15(29(32)33)4-6-19(16)28-7-10-34-11-8-28/h1-6,9,12-13H,7-8,10-11H2,(H,26,31)(H2,25,27,30,36). The summed E-state index contributed by atoms with van der Waals surface area (Å²) >= 11 is 11.5. The molecule has 3 N–H and O–H groups in total. The molecule has 1 aromatic heterocycles. The molecule has 11 nitrogen and oxygen atoms in total. The summed E-state index contributed by atoms with van der Waals surface area (Å²) in [5.41, 5.74) is 1.25. The quantitative estimate of drug-likeness (QED) is 0.245. The SMILES string of the molecule is O=C(Nc1ccc(NC(=S)NC(=O)c2cc([N+](=O)[O-])ccc2N2CCOCC2)cc1Cl)c1ccco1. The van der Waals surface area contributed by atoms with Crippen molar-refractivity contribution in [1.29, 1.82) is 0 Å². The van der Waals surface area contributed by atoms with Crippen molar-refractivity contribution in [3.05, 3.63) is 81.3 Å². The highest BCUT2D eigenvalue weighted by Crippen LogP contribution is 2.28. The lowest BCUT2D eigenvalue weighted by Crippen LogP contribution is -2.39. The molecule has 2 amide bonds. The second-order valence-corrected chi connectivity index (χ2v) is 8.41. The van der Waals surface area contributed by atoms with Gasteiger partial charge in [-0.2, -0.15) is 0 Å². The highest BCUT2D eigenvalue weighted by Gasteiger charge is 2.23. The van der Waals surface area contributed by atoms with E-state index in [0.29, 0.717) is 43.4 Å². The number of thiocarbonyl (C=S) groups is 1. The number of nitro benzene ring substituents is 1. The third-order valence-electron chi connectivity index (χ3n) is 5.23. The Hall–Kier alpha value is -4.00. The Morgan fingerprint density at radius 2 is 1.83 bits per heavy atom. The van der Waals surface area contributed by atoms with Crippen molar-refractivity contribution in [3.63, 3.8) is 0 Å². The molecule has 2 aromatic carbocycles. The van der Waals surface area contributed by atoms with Crippen LogP contribution in [0.2, 0.25) is 5.02 Å². The molecule has 1 aliphatic rings. The number of non-ortho nitro benzene ring substituents is 1. The first-order chi connectivity index (χ1) is 17.3. The van der Waals surface area contributed by atoms with Crippen molar-refractivity contribution in [2.75, 3.05) is 41.8 Å². The number of carbonyl (C=O) groups is 2. The molecular formula is C23H20ClN5O6S. The van der Waals surface area contributed by atoms with Gasteiger partial charge in [-0.3, -0.25) is 25.0 Å². The van der Waals surface area contributed by atoms with E-state index in [4.69, 9.17) is 33.0 Å². The molecule has 1 aliphatic heterocycles. The zero-order chi connectivity index (χ0) is 25.7. The largest absolute Gasteiger partial charge is 0.459 e. The summed E-state index contributed by atoms with van der Waals surface area (Å²) in [4.78, 5) is 37.8. The molecule has 186 valence electrons. The number of nitro groups is 1. The molecule has 0 saturated carbocycles. The number of nitrogens with zero attached hydrogens (tertiary/aromatic N) is 2. The Bertz CT molecular complexity index is 1310. The predicted octanol–water partition coefficient (Wildman–Crippen LogP) is 4.06. The van der Waals surface area contributed by atoms with Crippen LogP contribution >= 0.6 is 23.8 Å². The number of halogens is 1. The number of rotatable bonds is 6. The van der Waals surface area contributed by atoms with Gasteiger partial charge in [0.25, 0.3) is 17.5 Å². The van der Waals surface area contributed by atoms with Crippen molar-refractivity contribution in [3.8, 4) is 0 Å². The first-order valence-electron chi connectivity index (χ1n) is 10.7. The molecule has 0 radical (unpaired) electrons. The van der Waals surface area contributed by atoms with Crippen molar-refractivity contribution in [1.82, 2.24) is 5.32 Å². The van der Waals surface area contributed by atoms with E-state index >= 15 is 0 Å². The third-order valence-corrected chi connectivity index (χ3v) is 5.75. The Morgan fingerprint density at radius 3 is 2.50 bits per heavy atom. The Balaban J connectivity index is 1.45. The van der Waals surface area contributed by atoms with E-state index in [0.717, 1.165) is 0 Å². The van der Waals surface area contributed by atoms with E-state index in [1.165, 1.54) is 30.5 Å². The van der Waals surface area contributed by atoms with Crippen LogP contribution in [0.1, 0.15) is 20.9 Å². The molecule has 0 atom stereocenters. The maximum atomic E-state index is 13.0. The number of hydrogen-bond acceptors (Lipinski definition) is 8. The average molecular weight is 530 g/mol. The first kappa shape index (κ1) is 25.1. The maximum absolute atomic E-state index is 13.0. The summed E-state index contributed by atoms with van der Waals surface area (Å²) in [5, 5.41) is 19.5.